The molecular formula is C20H23NOS. The standard InChI is InChI=1S/C20H23NOS/c1-23-19-11-9-17(10-12-19)20(22)18-8-5-13-21(15-18)14-16-6-3-2-4-7-16/h2-4,6-7,9-12,18H,5,8,13-15H2,1H3. The van der Waals surface area contributed by atoms with Crippen LogP contribution in [0.2, 0.25) is 0 Å². The number of nitrogens with zero attached hydrogens (tertiary/aromatic N) is 1. The monoisotopic (exact) mass is 325 g/mol. The third-order valence-electron chi connectivity index (χ3n) is 4.50. The maximum Gasteiger partial charge on any atom is 0.167 e. The number of rotatable bonds is 5. The molecule has 23 heavy (non-hydrogen) atoms. The Labute approximate surface area is 142 Å². The second kappa shape index (κ2) is 7.80. The first-order valence-corrected chi connectivity index (χ1v) is 9.43. The number of hydrogen-bond donors (Lipinski definition) is 0. The second-order valence-corrected chi connectivity index (χ2v) is 7.03. The number of thioether (sulfide) groups is 1. The molecule has 1 atom stereocenters. The van der Waals surface area contributed by atoms with Gasteiger partial charge in [0, 0.05) is 29.5 Å². The molecule has 1 aliphatic rings. The van der Waals surface area contributed by atoms with Gasteiger partial charge in [-0.2, -0.15) is 0 Å². The largest absolute Gasteiger partial charge is 0.298 e. The van der Waals surface area contributed by atoms with Crippen LogP contribution in [0.25, 0.3) is 0 Å². The number of hydrogen-bond acceptors (Lipinski definition) is 3. The summed E-state index contributed by atoms with van der Waals surface area (Å²) in [7, 11) is 0. The van der Waals surface area contributed by atoms with Crippen LogP contribution in [0.3, 0.4) is 0 Å². The van der Waals surface area contributed by atoms with Crippen LogP contribution < -0.4 is 0 Å². The molecule has 0 aromatic heterocycles. The van der Waals surface area contributed by atoms with Crippen LogP contribution in [0, 0.1) is 5.92 Å². The molecule has 1 saturated heterocycles. The van der Waals surface area contributed by atoms with Crippen LogP contribution in [-0.4, -0.2) is 30.0 Å². The fraction of sp³-hybridized carbons (Fsp3) is 0.350. The molecule has 0 saturated carbocycles. The molecule has 0 N–H and O–H groups in total. The van der Waals surface area contributed by atoms with Crippen molar-refractivity contribution in [2.75, 3.05) is 19.3 Å². The van der Waals surface area contributed by atoms with Crippen LogP contribution in [0.5, 0.6) is 0 Å². The molecule has 0 bridgehead atoms. The van der Waals surface area contributed by atoms with Crippen molar-refractivity contribution in [3.8, 4) is 0 Å². The van der Waals surface area contributed by atoms with E-state index < -0.39 is 0 Å². The molecular weight excluding hydrogens is 302 g/mol. The highest BCUT2D eigenvalue weighted by Gasteiger charge is 2.26. The van der Waals surface area contributed by atoms with E-state index in [2.05, 4.69) is 35.4 Å². The molecule has 1 heterocycles. The summed E-state index contributed by atoms with van der Waals surface area (Å²) in [5.74, 6) is 0.433. The van der Waals surface area contributed by atoms with Gasteiger partial charge in [-0.05, 0) is 43.3 Å². The Bertz CT molecular complexity index is 638. The van der Waals surface area contributed by atoms with Gasteiger partial charge in [-0.3, -0.25) is 9.69 Å². The van der Waals surface area contributed by atoms with Crippen LogP contribution in [-0.2, 0) is 6.54 Å². The Hall–Kier alpha value is -1.58. The fourth-order valence-electron chi connectivity index (χ4n) is 3.25. The van der Waals surface area contributed by atoms with E-state index >= 15 is 0 Å². The van der Waals surface area contributed by atoms with Crippen LogP contribution in [0.15, 0.2) is 59.5 Å². The maximum absolute atomic E-state index is 12.8. The molecule has 0 aliphatic carbocycles. The normalized spacial score (nSPS) is 18.7. The van der Waals surface area contributed by atoms with Crippen LogP contribution in [0.1, 0.15) is 28.8 Å². The Morgan fingerprint density at radius 2 is 1.87 bits per heavy atom. The predicted molar refractivity (Wildman–Crippen MR) is 97.0 cm³/mol. The number of carbonyl (C=O) groups excluding carboxylic acids is 1. The lowest BCUT2D eigenvalue weighted by molar-refractivity contribution is 0.0811. The lowest BCUT2D eigenvalue weighted by Gasteiger charge is -2.32. The van der Waals surface area contributed by atoms with Crippen molar-refractivity contribution in [1.82, 2.24) is 4.90 Å². The number of benzene rings is 2. The summed E-state index contributed by atoms with van der Waals surface area (Å²) in [5.41, 5.74) is 2.18. The zero-order chi connectivity index (χ0) is 16.1. The van der Waals surface area contributed by atoms with E-state index in [-0.39, 0.29) is 5.92 Å². The van der Waals surface area contributed by atoms with Crippen LogP contribution >= 0.6 is 11.8 Å². The van der Waals surface area contributed by atoms with E-state index in [0.29, 0.717) is 5.78 Å². The minimum atomic E-state index is 0.132. The highest BCUT2D eigenvalue weighted by molar-refractivity contribution is 7.98. The van der Waals surface area contributed by atoms with Gasteiger partial charge in [0.25, 0.3) is 0 Å². The van der Waals surface area contributed by atoms with Crippen molar-refractivity contribution in [2.24, 2.45) is 5.92 Å². The summed E-state index contributed by atoms with van der Waals surface area (Å²) in [5, 5.41) is 0. The van der Waals surface area contributed by atoms with Gasteiger partial charge in [0.2, 0.25) is 0 Å². The third kappa shape index (κ3) is 4.24. The summed E-state index contributed by atoms with van der Waals surface area (Å²) in [4.78, 5) is 16.4. The summed E-state index contributed by atoms with van der Waals surface area (Å²) >= 11 is 1.71. The van der Waals surface area contributed by atoms with Crippen molar-refractivity contribution in [3.63, 3.8) is 0 Å². The molecule has 2 aromatic rings. The Kier molecular flexibility index (Phi) is 5.52. The van der Waals surface area contributed by atoms with Crippen molar-refractivity contribution in [1.29, 1.82) is 0 Å². The summed E-state index contributed by atoms with van der Waals surface area (Å²) in [6.07, 6.45) is 4.17. The maximum atomic E-state index is 12.8. The van der Waals surface area contributed by atoms with Gasteiger partial charge in [-0.1, -0.05) is 42.5 Å². The SMILES string of the molecule is CSc1ccc(C(=O)C2CCCN(Cc3ccccc3)C2)cc1. The van der Waals surface area contributed by atoms with Crippen molar-refractivity contribution in [2.45, 2.75) is 24.3 Å². The topological polar surface area (TPSA) is 20.3 Å². The molecule has 120 valence electrons. The number of piperidine rings is 1. The molecule has 0 amide bonds. The number of Topliss-reactive ketones (excluding diaryl/α,β-unsaturated/α-hetero) is 1. The highest BCUT2D eigenvalue weighted by atomic mass is 32.2. The van der Waals surface area contributed by atoms with Gasteiger partial charge in [-0.15, -0.1) is 11.8 Å². The summed E-state index contributed by atoms with van der Waals surface area (Å²) in [6, 6.07) is 18.6. The highest BCUT2D eigenvalue weighted by Crippen LogP contribution is 2.23. The van der Waals surface area contributed by atoms with Crippen LogP contribution in [0.4, 0.5) is 0 Å². The first-order chi connectivity index (χ1) is 11.3. The number of likely N-dealkylation sites (tertiary alicyclic amines) is 1. The molecule has 2 aromatic carbocycles. The van der Waals surface area contributed by atoms with E-state index in [1.807, 2.05) is 30.3 Å². The summed E-state index contributed by atoms with van der Waals surface area (Å²) in [6.45, 7) is 2.90. The van der Waals surface area contributed by atoms with Gasteiger partial charge < -0.3 is 0 Å². The Morgan fingerprint density at radius 3 is 2.57 bits per heavy atom. The van der Waals surface area contributed by atoms with Gasteiger partial charge in [0.05, 0.1) is 0 Å². The average molecular weight is 325 g/mol. The Balaban J connectivity index is 1.64. The van der Waals surface area contributed by atoms with E-state index in [4.69, 9.17) is 0 Å². The predicted octanol–water partition coefficient (Wildman–Crippen LogP) is 4.50. The molecule has 0 spiro atoms. The second-order valence-electron chi connectivity index (χ2n) is 6.15. The van der Waals surface area contributed by atoms with Gasteiger partial charge in [0.1, 0.15) is 0 Å². The van der Waals surface area contributed by atoms with Crippen molar-refractivity contribution in [3.05, 3.63) is 65.7 Å². The minimum Gasteiger partial charge on any atom is -0.298 e. The molecule has 0 radical (unpaired) electrons. The zero-order valence-electron chi connectivity index (χ0n) is 13.6. The fourth-order valence-corrected chi connectivity index (χ4v) is 3.65. The van der Waals surface area contributed by atoms with E-state index in [1.54, 1.807) is 11.8 Å². The van der Waals surface area contributed by atoms with Gasteiger partial charge in [0.15, 0.2) is 5.78 Å². The molecule has 1 fully saturated rings. The van der Waals surface area contributed by atoms with E-state index in [1.165, 1.54) is 10.5 Å². The van der Waals surface area contributed by atoms with Crippen molar-refractivity contribution >= 4 is 17.5 Å². The van der Waals surface area contributed by atoms with Gasteiger partial charge in [-0.25, -0.2) is 0 Å². The molecule has 1 unspecified atom stereocenters. The lowest BCUT2D eigenvalue weighted by Crippen LogP contribution is -2.38. The smallest absolute Gasteiger partial charge is 0.167 e. The van der Waals surface area contributed by atoms with E-state index in [9.17, 15) is 4.79 Å². The number of carbonyl (C=O) groups is 1. The quantitative estimate of drug-likeness (QED) is 0.596. The number of ketones is 1. The zero-order valence-corrected chi connectivity index (χ0v) is 14.4. The Morgan fingerprint density at radius 1 is 1.13 bits per heavy atom. The van der Waals surface area contributed by atoms with Gasteiger partial charge >= 0.3 is 0 Å². The third-order valence-corrected chi connectivity index (χ3v) is 5.24. The molecule has 1 aliphatic heterocycles. The minimum absolute atomic E-state index is 0.132. The first-order valence-electron chi connectivity index (χ1n) is 8.21. The lowest BCUT2D eigenvalue weighted by atomic mass is 9.90. The van der Waals surface area contributed by atoms with E-state index in [0.717, 1.165) is 38.0 Å². The molecule has 3 heteroatoms. The first kappa shape index (κ1) is 16.3. The average Bonchev–Trinajstić information content (AvgIpc) is 2.62. The van der Waals surface area contributed by atoms with Crippen molar-refractivity contribution < 1.29 is 4.79 Å². The molecule has 3 rings (SSSR count). The summed E-state index contributed by atoms with van der Waals surface area (Å²) < 4.78 is 0. The molecule has 2 nitrogen and oxygen atoms in total.